The molecule has 0 aliphatic heterocycles. The standard InChI is InChI=1S/C21H17ClN4O4S2/c1-13-4-3-5-15(8-13)12-30-18-7-6-14(10-17(18)22)9-16(11-23)19(27)24-20-25-26-21(31-20)32(2,28)29/h3-10H,12H2,1-2H3,(H,24,25,27)/b16-9-. The molecule has 0 spiro atoms. The van der Waals surface area contributed by atoms with Crippen molar-refractivity contribution >= 4 is 49.9 Å². The second-order valence-electron chi connectivity index (χ2n) is 6.74. The van der Waals surface area contributed by atoms with Crippen molar-refractivity contribution in [3.05, 3.63) is 69.8 Å². The van der Waals surface area contributed by atoms with Gasteiger partial charge in [0.05, 0.1) is 5.02 Å². The summed E-state index contributed by atoms with van der Waals surface area (Å²) in [7, 11) is -3.54. The molecule has 1 amide bonds. The number of anilines is 1. The topological polar surface area (TPSA) is 122 Å². The van der Waals surface area contributed by atoms with Crippen LogP contribution >= 0.6 is 22.9 Å². The van der Waals surface area contributed by atoms with Crippen LogP contribution in [0.2, 0.25) is 5.02 Å². The van der Waals surface area contributed by atoms with Crippen molar-refractivity contribution in [1.29, 1.82) is 5.26 Å². The van der Waals surface area contributed by atoms with Crippen LogP contribution in [0.4, 0.5) is 5.13 Å². The zero-order chi connectivity index (χ0) is 23.3. The van der Waals surface area contributed by atoms with Crippen LogP contribution in [0.5, 0.6) is 5.75 Å². The van der Waals surface area contributed by atoms with Gasteiger partial charge in [-0.2, -0.15) is 5.26 Å². The number of aryl methyl sites for hydroxylation is 1. The van der Waals surface area contributed by atoms with Crippen LogP contribution in [0.15, 0.2) is 52.4 Å². The normalized spacial score (nSPS) is 11.6. The number of benzene rings is 2. The quantitative estimate of drug-likeness (QED) is 0.302. The molecule has 0 aliphatic carbocycles. The van der Waals surface area contributed by atoms with Gasteiger partial charge in [0.2, 0.25) is 19.3 Å². The Morgan fingerprint density at radius 1 is 1.28 bits per heavy atom. The molecule has 8 nitrogen and oxygen atoms in total. The average Bonchev–Trinajstić information content (AvgIpc) is 3.20. The van der Waals surface area contributed by atoms with E-state index in [4.69, 9.17) is 16.3 Å². The number of nitrogens with one attached hydrogen (secondary N) is 1. The largest absolute Gasteiger partial charge is 0.487 e. The van der Waals surface area contributed by atoms with Crippen molar-refractivity contribution < 1.29 is 17.9 Å². The highest BCUT2D eigenvalue weighted by molar-refractivity contribution is 7.92. The summed E-state index contributed by atoms with van der Waals surface area (Å²) < 4.78 is 28.5. The van der Waals surface area contributed by atoms with E-state index in [-0.39, 0.29) is 15.0 Å². The predicted molar refractivity (Wildman–Crippen MR) is 122 cm³/mol. The van der Waals surface area contributed by atoms with Crippen LogP contribution in [0.25, 0.3) is 6.08 Å². The third-order valence-corrected chi connectivity index (χ3v) is 6.86. The summed E-state index contributed by atoms with van der Waals surface area (Å²) in [6.07, 6.45) is 2.34. The zero-order valence-corrected chi connectivity index (χ0v) is 19.4. The lowest BCUT2D eigenvalue weighted by atomic mass is 10.1. The van der Waals surface area contributed by atoms with E-state index in [0.29, 0.717) is 34.3 Å². The summed E-state index contributed by atoms with van der Waals surface area (Å²) in [6.45, 7) is 2.34. The molecule has 2 aromatic carbocycles. The molecule has 3 rings (SSSR count). The number of hydrogen-bond acceptors (Lipinski definition) is 8. The lowest BCUT2D eigenvalue weighted by Gasteiger charge is -2.09. The maximum Gasteiger partial charge on any atom is 0.268 e. The third kappa shape index (κ3) is 6.13. The van der Waals surface area contributed by atoms with Crippen LogP contribution in [-0.4, -0.2) is 30.8 Å². The number of carbonyl (C=O) groups excluding carboxylic acids is 1. The molecule has 0 saturated carbocycles. The molecule has 0 radical (unpaired) electrons. The summed E-state index contributed by atoms with van der Waals surface area (Å²) in [4.78, 5) is 12.4. The van der Waals surface area contributed by atoms with Crippen LogP contribution in [0, 0.1) is 18.3 Å². The summed E-state index contributed by atoms with van der Waals surface area (Å²) in [5.41, 5.74) is 2.43. The first kappa shape index (κ1) is 23.4. The summed E-state index contributed by atoms with van der Waals surface area (Å²) in [5, 5.41) is 19.1. The highest BCUT2D eigenvalue weighted by atomic mass is 35.5. The fourth-order valence-electron chi connectivity index (χ4n) is 2.58. The Kier molecular flexibility index (Phi) is 7.25. The molecule has 164 valence electrons. The highest BCUT2D eigenvalue weighted by Crippen LogP contribution is 2.27. The van der Waals surface area contributed by atoms with Crippen molar-refractivity contribution in [1.82, 2.24) is 10.2 Å². The highest BCUT2D eigenvalue weighted by Gasteiger charge is 2.17. The number of rotatable bonds is 7. The monoisotopic (exact) mass is 488 g/mol. The van der Waals surface area contributed by atoms with Crippen molar-refractivity contribution in [3.63, 3.8) is 0 Å². The molecule has 1 N–H and O–H groups in total. The Bertz CT molecular complexity index is 1340. The molecular formula is C21H17ClN4O4S2. The molecule has 3 aromatic rings. The molecular weight excluding hydrogens is 472 g/mol. The number of nitriles is 1. The first-order valence-corrected chi connectivity index (χ1v) is 12.2. The number of aromatic nitrogens is 2. The summed E-state index contributed by atoms with van der Waals surface area (Å²) in [6, 6.07) is 14.6. The lowest BCUT2D eigenvalue weighted by Crippen LogP contribution is -2.13. The van der Waals surface area contributed by atoms with Crippen molar-refractivity contribution in [2.24, 2.45) is 0 Å². The maximum absolute atomic E-state index is 12.4. The van der Waals surface area contributed by atoms with Gasteiger partial charge >= 0.3 is 0 Å². The Hall–Kier alpha value is -3.26. The average molecular weight is 489 g/mol. The minimum absolute atomic E-state index is 0.0329. The van der Waals surface area contributed by atoms with Gasteiger partial charge < -0.3 is 4.74 Å². The molecule has 0 bridgehead atoms. The molecule has 0 fully saturated rings. The Labute approximate surface area is 194 Å². The zero-order valence-electron chi connectivity index (χ0n) is 17.0. The number of sulfone groups is 1. The van der Waals surface area contributed by atoms with Gasteiger partial charge in [-0.15, -0.1) is 10.2 Å². The van der Waals surface area contributed by atoms with E-state index >= 15 is 0 Å². The maximum atomic E-state index is 12.4. The summed E-state index contributed by atoms with van der Waals surface area (Å²) >= 11 is 6.99. The van der Waals surface area contributed by atoms with E-state index in [1.807, 2.05) is 31.2 Å². The van der Waals surface area contributed by atoms with Gasteiger partial charge in [0, 0.05) is 6.26 Å². The van der Waals surface area contributed by atoms with Crippen LogP contribution in [-0.2, 0) is 21.2 Å². The molecule has 1 heterocycles. The third-order valence-electron chi connectivity index (χ3n) is 4.05. The minimum Gasteiger partial charge on any atom is -0.487 e. The van der Waals surface area contributed by atoms with Gasteiger partial charge in [-0.25, -0.2) is 8.42 Å². The number of nitrogens with zero attached hydrogens (tertiary/aromatic N) is 3. The molecule has 0 aliphatic rings. The molecule has 1 aromatic heterocycles. The second kappa shape index (κ2) is 9.91. The van der Waals surface area contributed by atoms with Gasteiger partial charge in [0.25, 0.3) is 5.91 Å². The predicted octanol–water partition coefficient (Wildman–Crippen LogP) is 4.03. The van der Waals surface area contributed by atoms with Gasteiger partial charge in [0.15, 0.2) is 0 Å². The second-order valence-corrected chi connectivity index (χ2v) is 10.3. The molecule has 11 heteroatoms. The Morgan fingerprint density at radius 2 is 2.06 bits per heavy atom. The van der Waals surface area contributed by atoms with Gasteiger partial charge in [-0.05, 0) is 36.3 Å². The number of ether oxygens (including phenoxy) is 1. The SMILES string of the molecule is Cc1cccc(COc2ccc(/C=C(/C#N)C(=O)Nc3nnc(S(C)(=O)=O)s3)cc2Cl)c1. The summed E-state index contributed by atoms with van der Waals surface area (Å²) in [5.74, 6) is -0.282. The van der Waals surface area contributed by atoms with Gasteiger partial charge in [-0.3, -0.25) is 10.1 Å². The molecule has 0 saturated heterocycles. The molecule has 0 atom stereocenters. The molecule has 32 heavy (non-hydrogen) atoms. The van der Waals surface area contributed by atoms with E-state index < -0.39 is 15.7 Å². The number of hydrogen-bond donors (Lipinski definition) is 1. The van der Waals surface area contributed by atoms with Crippen molar-refractivity contribution in [2.75, 3.05) is 11.6 Å². The van der Waals surface area contributed by atoms with Gasteiger partial charge in [0.1, 0.15) is 24.0 Å². The minimum atomic E-state index is -3.54. The van der Waals surface area contributed by atoms with E-state index in [0.717, 1.165) is 17.4 Å². The Morgan fingerprint density at radius 3 is 2.69 bits per heavy atom. The number of halogens is 1. The van der Waals surface area contributed by atoms with E-state index in [2.05, 4.69) is 15.5 Å². The number of amides is 1. The first-order chi connectivity index (χ1) is 15.2. The fourth-order valence-corrected chi connectivity index (χ4v) is 4.32. The van der Waals surface area contributed by atoms with Gasteiger partial charge in [-0.1, -0.05) is 58.8 Å². The van der Waals surface area contributed by atoms with E-state index in [1.54, 1.807) is 24.3 Å². The Balaban J connectivity index is 1.71. The van der Waals surface area contributed by atoms with Crippen LogP contribution < -0.4 is 10.1 Å². The smallest absolute Gasteiger partial charge is 0.268 e. The number of carbonyl (C=O) groups is 1. The van der Waals surface area contributed by atoms with Crippen molar-refractivity contribution in [3.8, 4) is 11.8 Å². The lowest BCUT2D eigenvalue weighted by molar-refractivity contribution is -0.112. The first-order valence-electron chi connectivity index (χ1n) is 9.10. The molecule has 0 unspecified atom stereocenters. The fraction of sp³-hybridized carbons (Fsp3) is 0.143. The van der Waals surface area contributed by atoms with Crippen LogP contribution in [0.3, 0.4) is 0 Å². The van der Waals surface area contributed by atoms with E-state index in [9.17, 15) is 18.5 Å². The van der Waals surface area contributed by atoms with Crippen LogP contribution in [0.1, 0.15) is 16.7 Å². The van der Waals surface area contributed by atoms with E-state index in [1.165, 1.54) is 6.08 Å². The van der Waals surface area contributed by atoms with Crippen molar-refractivity contribution in [2.45, 2.75) is 17.9 Å².